The van der Waals surface area contributed by atoms with Gasteiger partial charge in [0.15, 0.2) is 11.6 Å². The molecular formula is C16H23ClF2N2O4S. The first-order valence-corrected chi connectivity index (χ1v) is 9.72. The molecule has 0 bridgehead atoms. The van der Waals surface area contributed by atoms with Crippen LogP contribution in [0.25, 0.3) is 0 Å². The Morgan fingerprint density at radius 2 is 1.92 bits per heavy atom. The van der Waals surface area contributed by atoms with Crippen molar-refractivity contribution in [3.8, 4) is 0 Å². The van der Waals surface area contributed by atoms with Crippen LogP contribution in [0.3, 0.4) is 0 Å². The Bertz CT molecular complexity index is 725. The molecule has 1 aromatic carbocycles. The summed E-state index contributed by atoms with van der Waals surface area (Å²) < 4.78 is 52.5. The van der Waals surface area contributed by atoms with Gasteiger partial charge in [-0.2, -0.15) is 0 Å². The van der Waals surface area contributed by atoms with Gasteiger partial charge in [-0.1, -0.05) is 12.1 Å². The molecule has 0 unspecified atom stereocenters. The summed E-state index contributed by atoms with van der Waals surface area (Å²) in [5.74, 6) is -3.01. The molecule has 1 saturated heterocycles. The molecule has 1 N–H and O–H groups in total. The Hall–Kier alpha value is -1.29. The van der Waals surface area contributed by atoms with Crippen LogP contribution in [-0.4, -0.2) is 60.1 Å². The highest BCUT2D eigenvalue weighted by atomic mass is 35.5. The fourth-order valence-corrected chi connectivity index (χ4v) is 4.18. The molecule has 6 nitrogen and oxygen atoms in total. The minimum atomic E-state index is -3.28. The summed E-state index contributed by atoms with van der Waals surface area (Å²) in [5, 5.41) is 9.12. The van der Waals surface area contributed by atoms with E-state index in [1.54, 1.807) is 11.8 Å². The molecule has 0 radical (unpaired) electrons. The number of piperidine rings is 1. The van der Waals surface area contributed by atoms with Crippen molar-refractivity contribution in [1.29, 1.82) is 0 Å². The van der Waals surface area contributed by atoms with E-state index in [1.165, 1.54) is 16.4 Å². The third-order valence-electron chi connectivity index (χ3n) is 4.44. The summed E-state index contributed by atoms with van der Waals surface area (Å²) in [6, 6.07) is 3.60. The van der Waals surface area contributed by atoms with E-state index in [1.807, 2.05) is 0 Å². The molecule has 1 aromatic rings. The standard InChI is InChI=1S/C16H22F2N2O4S.ClH/c1-2-25(23,24)20-8-6-13(7-9-20)19(11-15(21)22)10-12-4-3-5-14(17)16(12)18;/h3-5,13H,2,6-11H2,1H3,(H,21,22);1H. The van der Waals surface area contributed by atoms with Crippen molar-refractivity contribution in [1.82, 2.24) is 9.21 Å². The predicted molar refractivity (Wildman–Crippen MR) is 95.7 cm³/mol. The van der Waals surface area contributed by atoms with E-state index in [2.05, 4.69) is 0 Å². The lowest BCUT2D eigenvalue weighted by Crippen LogP contribution is -2.48. The zero-order valence-electron chi connectivity index (χ0n) is 14.4. The molecule has 0 aliphatic carbocycles. The van der Waals surface area contributed by atoms with E-state index in [0.717, 1.165) is 6.07 Å². The van der Waals surface area contributed by atoms with Gasteiger partial charge < -0.3 is 5.11 Å². The van der Waals surface area contributed by atoms with Crippen LogP contribution in [0.1, 0.15) is 25.3 Å². The van der Waals surface area contributed by atoms with Crippen LogP contribution in [0.15, 0.2) is 18.2 Å². The Kier molecular flexibility index (Phi) is 8.39. The normalized spacial score (nSPS) is 16.5. The quantitative estimate of drug-likeness (QED) is 0.742. The number of aliphatic carboxylic acids is 1. The molecule has 0 atom stereocenters. The van der Waals surface area contributed by atoms with E-state index < -0.39 is 27.6 Å². The third kappa shape index (κ3) is 5.60. The van der Waals surface area contributed by atoms with E-state index in [9.17, 15) is 22.0 Å². The van der Waals surface area contributed by atoms with Gasteiger partial charge in [-0.15, -0.1) is 12.4 Å². The molecular weight excluding hydrogens is 390 g/mol. The zero-order valence-corrected chi connectivity index (χ0v) is 16.0. The van der Waals surface area contributed by atoms with Gasteiger partial charge in [0.25, 0.3) is 0 Å². The lowest BCUT2D eigenvalue weighted by molar-refractivity contribution is -0.139. The first kappa shape index (κ1) is 22.8. The number of carbonyl (C=O) groups is 1. The molecule has 1 aliphatic heterocycles. The Morgan fingerprint density at radius 1 is 1.31 bits per heavy atom. The van der Waals surface area contributed by atoms with E-state index in [4.69, 9.17) is 5.11 Å². The fourth-order valence-electron chi connectivity index (χ4n) is 3.05. The van der Waals surface area contributed by atoms with Crippen LogP contribution in [0.5, 0.6) is 0 Å². The van der Waals surface area contributed by atoms with Gasteiger partial charge >= 0.3 is 5.97 Å². The Morgan fingerprint density at radius 3 is 2.46 bits per heavy atom. The number of rotatable bonds is 7. The average molecular weight is 413 g/mol. The van der Waals surface area contributed by atoms with Gasteiger partial charge in [0.1, 0.15) is 0 Å². The number of carboxylic acids is 1. The third-order valence-corrected chi connectivity index (χ3v) is 6.32. The van der Waals surface area contributed by atoms with Crippen LogP contribution < -0.4 is 0 Å². The second-order valence-electron chi connectivity index (χ2n) is 6.04. The maximum absolute atomic E-state index is 13.9. The topological polar surface area (TPSA) is 77.9 Å². The van der Waals surface area contributed by atoms with Crippen molar-refractivity contribution in [3.05, 3.63) is 35.4 Å². The minimum Gasteiger partial charge on any atom is -0.480 e. The highest BCUT2D eigenvalue weighted by Gasteiger charge is 2.31. The summed E-state index contributed by atoms with van der Waals surface area (Å²) in [4.78, 5) is 12.7. The second-order valence-corrected chi connectivity index (χ2v) is 8.30. The first-order valence-electron chi connectivity index (χ1n) is 8.11. The van der Waals surface area contributed by atoms with Crippen LogP contribution in [0, 0.1) is 11.6 Å². The van der Waals surface area contributed by atoms with Crippen molar-refractivity contribution in [3.63, 3.8) is 0 Å². The van der Waals surface area contributed by atoms with Gasteiger partial charge in [-0.3, -0.25) is 9.69 Å². The van der Waals surface area contributed by atoms with Gasteiger partial charge in [-0.25, -0.2) is 21.5 Å². The fraction of sp³-hybridized carbons (Fsp3) is 0.562. The first-order chi connectivity index (χ1) is 11.7. The van der Waals surface area contributed by atoms with Crippen molar-refractivity contribution < 1.29 is 27.1 Å². The minimum absolute atomic E-state index is 0. The number of carboxylic acid groups (broad SMARTS) is 1. The Balaban J connectivity index is 0.00000338. The molecule has 10 heteroatoms. The van der Waals surface area contributed by atoms with E-state index >= 15 is 0 Å². The monoisotopic (exact) mass is 412 g/mol. The largest absolute Gasteiger partial charge is 0.480 e. The summed E-state index contributed by atoms with van der Waals surface area (Å²) in [6.07, 6.45) is 0.896. The molecule has 1 aliphatic rings. The SMILES string of the molecule is CCS(=O)(=O)N1CCC(N(CC(=O)O)Cc2cccc(F)c2F)CC1.Cl. The van der Waals surface area contributed by atoms with Gasteiger partial charge in [-0.05, 0) is 25.8 Å². The second kappa shape index (κ2) is 9.59. The lowest BCUT2D eigenvalue weighted by atomic mass is 10.0. The number of hydrogen-bond donors (Lipinski definition) is 1. The Labute approximate surface area is 158 Å². The van der Waals surface area contributed by atoms with Crippen LogP contribution >= 0.6 is 12.4 Å². The van der Waals surface area contributed by atoms with Crippen LogP contribution in [0.4, 0.5) is 8.78 Å². The molecule has 26 heavy (non-hydrogen) atoms. The van der Waals surface area contributed by atoms with Crippen LogP contribution in [-0.2, 0) is 21.4 Å². The molecule has 0 aromatic heterocycles. The predicted octanol–water partition coefficient (Wildman–Crippen LogP) is 2.09. The summed E-state index contributed by atoms with van der Waals surface area (Å²) in [5.41, 5.74) is 0.0878. The van der Waals surface area contributed by atoms with Crippen molar-refractivity contribution in [2.24, 2.45) is 0 Å². The maximum atomic E-state index is 13.9. The summed E-state index contributed by atoms with van der Waals surface area (Å²) in [6.45, 7) is 1.80. The summed E-state index contributed by atoms with van der Waals surface area (Å²) >= 11 is 0. The lowest BCUT2D eigenvalue weighted by Gasteiger charge is -2.37. The number of sulfonamides is 1. The molecule has 148 valence electrons. The zero-order chi connectivity index (χ0) is 18.6. The summed E-state index contributed by atoms with van der Waals surface area (Å²) in [7, 11) is -3.28. The number of benzene rings is 1. The van der Waals surface area contributed by atoms with Gasteiger partial charge in [0.05, 0.1) is 12.3 Å². The van der Waals surface area contributed by atoms with E-state index in [0.29, 0.717) is 25.9 Å². The molecule has 0 amide bonds. The van der Waals surface area contributed by atoms with E-state index in [-0.39, 0.29) is 42.9 Å². The highest BCUT2D eigenvalue weighted by molar-refractivity contribution is 7.89. The van der Waals surface area contributed by atoms with Crippen molar-refractivity contribution >= 4 is 28.4 Å². The average Bonchev–Trinajstić information content (AvgIpc) is 2.58. The van der Waals surface area contributed by atoms with Gasteiger partial charge in [0.2, 0.25) is 10.0 Å². The molecule has 0 saturated carbocycles. The highest BCUT2D eigenvalue weighted by Crippen LogP contribution is 2.22. The molecule has 2 rings (SSSR count). The number of hydrogen-bond acceptors (Lipinski definition) is 4. The van der Waals surface area contributed by atoms with Crippen molar-refractivity contribution in [2.75, 3.05) is 25.4 Å². The molecule has 1 heterocycles. The smallest absolute Gasteiger partial charge is 0.317 e. The van der Waals surface area contributed by atoms with Crippen LogP contribution in [0.2, 0.25) is 0 Å². The molecule has 1 fully saturated rings. The van der Waals surface area contributed by atoms with Gasteiger partial charge in [0, 0.05) is 31.2 Å². The van der Waals surface area contributed by atoms with Crippen molar-refractivity contribution in [2.45, 2.75) is 32.4 Å². The number of nitrogens with zero attached hydrogens (tertiary/aromatic N) is 2. The maximum Gasteiger partial charge on any atom is 0.317 e. The number of halogens is 3. The molecule has 0 spiro atoms.